The number of hydrogen-bond acceptors (Lipinski definition) is 3. The third-order valence-corrected chi connectivity index (χ3v) is 3.39. The fourth-order valence-electron chi connectivity index (χ4n) is 1.11. The monoisotopic (exact) mass is 226 g/mol. The predicted molar refractivity (Wildman–Crippen MR) is 60.8 cm³/mol. The van der Waals surface area contributed by atoms with Crippen molar-refractivity contribution in [2.45, 2.75) is 11.3 Å². The van der Waals surface area contributed by atoms with Crippen molar-refractivity contribution in [3.63, 3.8) is 0 Å². The molecule has 1 amide bonds. The van der Waals surface area contributed by atoms with E-state index in [1.807, 2.05) is 0 Å². The highest BCUT2D eigenvalue weighted by atomic mass is 32.2. The third kappa shape index (κ3) is 3.36. The Morgan fingerprint density at radius 3 is 2.73 bits per heavy atom. The van der Waals surface area contributed by atoms with Crippen molar-refractivity contribution in [3.05, 3.63) is 24.3 Å². The van der Waals surface area contributed by atoms with E-state index in [-0.39, 0.29) is 12.3 Å². The minimum Gasteiger partial charge on any atom is -0.398 e. The second-order valence-corrected chi connectivity index (χ2v) is 4.55. The summed E-state index contributed by atoms with van der Waals surface area (Å²) in [6, 6.07) is 6.99. The molecular weight excluding hydrogens is 212 g/mol. The molecule has 0 bridgehead atoms. The van der Waals surface area contributed by atoms with Crippen LogP contribution in [0.4, 0.5) is 5.69 Å². The molecule has 3 N–H and O–H groups in total. The molecule has 0 heterocycles. The number of hydrogen-bond donors (Lipinski definition) is 2. The van der Waals surface area contributed by atoms with Crippen molar-refractivity contribution in [2.75, 3.05) is 18.5 Å². The molecule has 4 nitrogen and oxygen atoms in total. The molecule has 15 heavy (non-hydrogen) atoms. The predicted octanol–water partition coefficient (Wildman–Crippen LogP) is 0.512. The van der Waals surface area contributed by atoms with E-state index < -0.39 is 10.8 Å². The Kier molecular flexibility index (Phi) is 4.30. The Bertz CT molecular complexity index is 379. The number of para-hydroxylation sites is 1. The van der Waals surface area contributed by atoms with Gasteiger partial charge in [-0.05, 0) is 12.1 Å². The molecule has 82 valence electrons. The van der Waals surface area contributed by atoms with Gasteiger partial charge < -0.3 is 11.1 Å². The number of nitrogens with two attached hydrogens (primary N) is 1. The molecule has 1 aromatic rings. The van der Waals surface area contributed by atoms with Gasteiger partial charge in [0.25, 0.3) is 0 Å². The van der Waals surface area contributed by atoms with Gasteiger partial charge in [-0.2, -0.15) is 0 Å². The topological polar surface area (TPSA) is 72.2 Å². The summed E-state index contributed by atoms with van der Waals surface area (Å²) in [6.07, 6.45) is 0.247. The van der Waals surface area contributed by atoms with Crippen LogP contribution in [-0.2, 0) is 15.6 Å². The van der Waals surface area contributed by atoms with E-state index in [2.05, 4.69) is 5.32 Å². The van der Waals surface area contributed by atoms with E-state index in [4.69, 9.17) is 5.73 Å². The van der Waals surface area contributed by atoms with Gasteiger partial charge in [0.15, 0.2) is 0 Å². The zero-order chi connectivity index (χ0) is 11.3. The largest absolute Gasteiger partial charge is 0.398 e. The Morgan fingerprint density at radius 2 is 2.13 bits per heavy atom. The van der Waals surface area contributed by atoms with Crippen LogP contribution >= 0.6 is 0 Å². The summed E-state index contributed by atoms with van der Waals surface area (Å²) in [4.78, 5) is 11.6. The average molecular weight is 226 g/mol. The van der Waals surface area contributed by atoms with Gasteiger partial charge in [0.1, 0.15) is 0 Å². The molecule has 1 atom stereocenters. The molecule has 0 aliphatic rings. The number of carbonyl (C=O) groups excluding carboxylic acids is 1. The fourth-order valence-corrected chi connectivity index (χ4v) is 2.26. The molecule has 0 aliphatic heterocycles. The summed E-state index contributed by atoms with van der Waals surface area (Å²) in [5.74, 6) is 0.186. The number of nitrogen functional groups attached to an aromatic ring is 1. The maximum Gasteiger partial charge on any atom is 0.220 e. The number of anilines is 1. The first-order valence-corrected chi connectivity index (χ1v) is 5.90. The second-order valence-electron chi connectivity index (χ2n) is 3.01. The lowest BCUT2D eigenvalue weighted by Crippen LogP contribution is -2.20. The lowest BCUT2D eigenvalue weighted by Gasteiger charge is -2.04. The molecule has 1 aromatic carbocycles. The van der Waals surface area contributed by atoms with E-state index in [0.717, 1.165) is 0 Å². The van der Waals surface area contributed by atoms with Gasteiger partial charge in [-0.3, -0.25) is 9.00 Å². The number of benzene rings is 1. The van der Waals surface area contributed by atoms with Crippen LogP contribution in [0.2, 0.25) is 0 Å². The number of nitrogens with one attached hydrogen (secondary N) is 1. The molecule has 1 rings (SSSR count). The van der Waals surface area contributed by atoms with Crippen LogP contribution in [-0.4, -0.2) is 22.9 Å². The Balaban J connectivity index is 2.62. The molecule has 0 aliphatic carbocycles. The lowest BCUT2D eigenvalue weighted by atomic mass is 10.3. The zero-order valence-electron chi connectivity index (χ0n) is 8.53. The van der Waals surface area contributed by atoms with Crippen LogP contribution in [0, 0.1) is 0 Å². The maximum atomic E-state index is 11.7. The SMILES string of the molecule is CNC(=O)CCS(=O)c1ccccc1N. The quantitative estimate of drug-likeness (QED) is 0.735. The molecule has 0 fully saturated rings. The first-order chi connectivity index (χ1) is 7.15. The summed E-state index contributed by atoms with van der Waals surface area (Å²) in [6.45, 7) is 0. The van der Waals surface area contributed by atoms with Crippen LogP contribution in [0.15, 0.2) is 29.2 Å². The van der Waals surface area contributed by atoms with Gasteiger partial charge in [-0.15, -0.1) is 0 Å². The van der Waals surface area contributed by atoms with E-state index in [9.17, 15) is 9.00 Å². The fraction of sp³-hybridized carbons (Fsp3) is 0.300. The maximum absolute atomic E-state index is 11.7. The first-order valence-electron chi connectivity index (χ1n) is 4.58. The summed E-state index contributed by atoms with van der Waals surface area (Å²) < 4.78 is 11.7. The summed E-state index contributed by atoms with van der Waals surface area (Å²) in [5, 5.41) is 2.48. The average Bonchev–Trinajstić information content (AvgIpc) is 2.26. The molecule has 0 spiro atoms. The molecule has 0 saturated carbocycles. The van der Waals surface area contributed by atoms with E-state index in [1.165, 1.54) is 0 Å². The van der Waals surface area contributed by atoms with Crippen LogP contribution in [0.1, 0.15) is 6.42 Å². The second kappa shape index (κ2) is 5.50. The summed E-state index contributed by atoms with van der Waals surface area (Å²) in [5.41, 5.74) is 6.17. The van der Waals surface area contributed by atoms with Crippen LogP contribution in [0.25, 0.3) is 0 Å². The molecule has 0 radical (unpaired) electrons. The van der Waals surface area contributed by atoms with Gasteiger partial charge in [-0.25, -0.2) is 0 Å². The normalized spacial score (nSPS) is 12.1. The van der Waals surface area contributed by atoms with Crippen molar-refractivity contribution in [1.82, 2.24) is 5.32 Å². The van der Waals surface area contributed by atoms with Crippen molar-refractivity contribution < 1.29 is 9.00 Å². The van der Waals surface area contributed by atoms with Crippen molar-refractivity contribution in [2.24, 2.45) is 0 Å². The molecule has 1 unspecified atom stereocenters. The van der Waals surface area contributed by atoms with Crippen molar-refractivity contribution in [1.29, 1.82) is 0 Å². The molecule has 0 aromatic heterocycles. The minimum atomic E-state index is -1.20. The summed E-state index contributed by atoms with van der Waals surface area (Å²) in [7, 11) is 0.355. The van der Waals surface area contributed by atoms with E-state index >= 15 is 0 Å². The van der Waals surface area contributed by atoms with Crippen LogP contribution in [0.3, 0.4) is 0 Å². The Morgan fingerprint density at radius 1 is 1.47 bits per heavy atom. The zero-order valence-corrected chi connectivity index (χ0v) is 9.34. The van der Waals surface area contributed by atoms with Gasteiger partial charge in [0.05, 0.1) is 15.7 Å². The molecule has 0 saturated heterocycles. The molecular formula is C10H14N2O2S. The van der Waals surface area contributed by atoms with Gasteiger partial charge >= 0.3 is 0 Å². The van der Waals surface area contributed by atoms with E-state index in [0.29, 0.717) is 16.3 Å². The van der Waals surface area contributed by atoms with Gasteiger partial charge in [0.2, 0.25) is 5.91 Å². The van der Waals surface area contributed by atoms with Gasteiger partial charge in [0, 0.05) is 24.9 Å². The summed E-state index contributed by atoms with van der Waals surface area (Å²) >= 11 is 0. The number of carbonyl (C=O) groups is 1. The smallest absolute Gasteiger partial charge is 0.220 e. The number of amides is 1. The van der Waals surface area contributed by atoms with E-state index in [1.54, 1.807) is 31.3 Å². The van der Waals surface area contributed by atoms with Crippen LogP contribution in [0.5, 0.6) is 0 Å². The minimum absolute atomic E-state index is 0.113. The Labute approximate surface area is 91.3 Å². The van der Waals surface area contributed by atoms with Gasteiger partial charge in [-0.1, -0.05) is 12.1 Å². The first kappa shape index (κ1) is 11.7. The van der Waals surface area contributed by atoms with Crippen molar-refractivity contribution in [3.8, 4) is 0 Å². The highest BCUT2D eigenvalue weighted by Gasteiger charge is 2.08. The van der Waals surface area contributed by atoms with Crippen molar-refractivity contribution >= 4 is 22.4 Å². The number of rotatable bonds is 4. The lowest BCUT2D eigenvalue weighted by molar-refractivity contribution is -0.120. The highest BCUT2D eigenvalue weighted by Crippen LogP contribution is 2.15. The molecule has 5 heteroatoms. The van der Waals surface area contributed by atoms with Crippen LogP contribution < -0.4 is 11.1 Å². The third-order valence-electron chi connectivity index (χ3n) is 1.96. The standard InChI is InChI=1S/C10H14N2O2S/c1-12-10(13)6-7-15(14)9-5-3-2-4-8(9)11/h2-5H,6-7,11H2,1H3,(H,12,13). The highest BCUT2D eigenvalue weighted by molar-refractivity contribution is 7.85. The Hall–Kier alpha value is -1.36.